The van der Waals surface area contributed by atoms with Gasteiger partial charge in [-0.1, -0.05) is 18.2 Å². The van der Waals surface area contributed by atoms with Crippen molar-refractivity contribution in [3.63, 3.8) is 0 Å². The topological polar surface area (TPSA) is 48.9 Å². The number of halogens is 3. The van der Waals surface area contributed by atoms with Crippen molar-refractivity contribution < 1.29 is 18.3 Å². The van der Waals surface area contributed by atoms with Gasteiger partial charge in [-0.3, -0.25) is 5.10 Å². The summed E-state index contributed by atoms with van der Waals surface area (Å²) in [7, 11) is 0. The van der Waals surface area contributed by atoms with Gasteiger partial charge in [0.2, 0.25) is 0 Å². The summed E-state index contributed by atoms with van der Waals surface area (Å²) >= 11 is 0. The van der Waals surface area contributed by atoms with Crippen LogP contribution in [0, 0.1) is 0 Å². The minimum Gasteiger partial charge on any atom is -0.383 e. The first-order valence-corrected chi connectivity index (χ1v) is 4.64. The van der Waals surface area contributed by atoms with Crippen molar-refractivity contribution in [2.75, 3.05) is 0 Å². The van der Waals surface area contributed by atoms with E-state index in [-0.39, 0.29) is 0 Å². The van der Waals surface area contributed by atoms with E-state index in [2.05, 4.69) is 10.2 Å². The Labute approximate surface area is 88.9 Å². The van der Waals surface area contributed by atoms with E-state index in [0.717, 1.165) is 5.39 Å². The van der Waals surface area contributed by atoms with Gasteiger partial charge in [-0.05, 0) is 5.56 Å². The van der Waals surface area contributed by atoms with E-state index >= 15 is 0 Å². The lowest BCUT2D eigenvalue weighted by Crippen LogP contribution is -2.30. The summed E-state index contributed by atoms with van der Waals surface area (Å²) in [5.74, 6) is 0. The fourth-order valence-corrected chi connectivity index (χ4v) is 1.52. The SMILES string of the molecule is OC(Cc1cccc2cn[nH]c12)C(F)(F)F. The molecule has 1 aromatic heterocycles. The number of nitrogens with zero attached hydrogens (tertiary/aromatic N) is 1. The Balaban J connectivity index is 2.31. The van der Waals surface area contributed by atoms with Crippen molar-refractivity contribution in [1.29, 1.82) is 0 Å². The van der Waals surface area contributed by atoms with Gasteiger partial charge in [-0.2, -0.15) is 18.3 Å². The van der Waals surface area contributed by atoms with Crippen LogP contribution in [0.25, 0.3) is 10.9 Å². The third-order valence-electron chi connectivity index (χ3n) is 2.35. The second kappa shape index (κ2) is 3.79. The van der Waals surface area contributed by atoms with E-state index in [1.54, 1.807) is 12.1 Å². The molecule has 0 spiro atoms. The van der Waals surface area contributed by atoms with Crippen molar-refractivity contribution in [3.05, 3.63) is 30.0 Å². The second-order valence-electron chi connectivity index (χ2n) is 3.51. The van der Waals surface area contributed by atoms with Gasteiger partial charge in [0.05, 0.1) is 11.7 Å². The van der Waals surface area contributed by atoms with Gasteiger partial charge in [0.15, 0.2) is 6.10 Å². The minimum absolute atomic E-state index is 0.403. The molecule has 86 valence electrons. The largest absolute Gasteiger partial charge is 0.414 e. The van der Waals surface area contributed by atoms with Gasteiger partial charge in [-0.15, -0.1) is 0 Å². The Hall–Kier alpha value is -1.56. The number of fused-ring (bicyclic) bond motifs is 1. The van der Waals surface area contributed by atoms with Gasteiger partial charge in [0.25, 0.3) is 0 Å². The molecule has 2 aromatic rings. The van der Waals surface area contributed by atoms with Crippen LogP contribution in [0.3, 0.4) is 0 Å². The Morgan fingerprint density at radius 1 is 1.38 bits per heavy atom. The van der Waals surface area contributed by atoms with Crippen molar-refractivity contribution >= 4 is 10.9 Å². The zero-order chi connectivity index (χ0) is 11.8. The number of aliphatic hydroxyl groups is 1. The van der Waals surface area contributed by atoms with Crippen molar-refractivity contribution in [2.24, 2.45) is 0 Å². The summed E-state index contributed by atoms with van der Waals surface area (Å²) in [5, 5.41) is 16.1. The molecule has 2 rings (SSSR count). The van der Waals surface area contributed by atoms with Crippen LogP contribution >= 0.6 is 0 Å². The minimum atomic E-state index is -4.60. The number of aromatic amines is 1. The van der Waals surface area contributed by atoms with Gasteiger partial charge in [-0.25, -0.2) is 0 Å². The third kappa shape index (κ3) is 2.01. The maximum absolute atomic E-state index is 12.2. The number of alkyl halides is 3. The number of hydrogen-bond acceptors (Lipinski definition) is 2. The molecule has 1 heterocycles. The van der Waals surface area contributed by atoms with Crippen LogP contribution in [-0.4, -0.2) is 27.6 Å². The zero-order valence-corrected chi connectivity index (χ0v) is 8.12. The molecule has 0 amide bonds. The Kier molecular flexibility index (Phi) is 2.59. The normalized spacial score (nSPS) is 14.2. The molecule has 0 aliphatic rings. The molecule has 0 saturated carbocycles. The van der Waals surface area contributed by atoms with E-state index in [4.69, 9.17) is 5.11 Å². The summed E-state index contributed by atoms with van der Waals surface area (Å²) in [6, 6.07) is 4.91. The quantitative estimate of drug-likeness (QED) is 0.829. The molecule has 1 atom stereocenters. The Bertz CT molecular complexity index is 492. The standard InChI is InChI=1S/C10H9F3N2O/c11-10(12,13)8(16)4-6-2-1-3-7-5-14-15-9(6)7/h1-3,5,8,16H,4H2,(H,14,15). The maximum Gasteiger partial charge on any atom is 0.414 e. The van der Waals surface area contributed by atoms with E-state index in [9.17, 15) is 13.2 Å². The monoisotopic (exact) mass is 230 g/mol. The summed E-state index contributed by atoms with van der Waals surface area (Å²) in [5.41, 5.74) is 0.936. The fraction of sp³-hybridized carbons (Fsp3) is 0.300. The van der Waals surface area contributed by atoms with Crippen molar-refractivity contribution in [2.45, 2.75) is 18.7 Å². The average Bonchev–Trinajstić information content (AvgIpc) is 2.65. The van der Waals surface area contributed by atoms with Crippen LogP contribution in [0.2, 0.25) is 0 Å². The Morgan fingerprint density at radius 3 is 2.81 bits per heavy atom. The van der Waals surface area contributed by atoms with Gasteiger partial charge < -0.3 is 5.11 Å². The number of benzene rings is 1. The van der Waals surface area contributed by atoms with Gasteiger partial charge in [0, 0.05) is 11.8 Å². The number of aromatic nitrogens is 2. The van der Waals surface area contributed by atoms with Gasteiger partial charge in [0.1, 0.15) is 0 Å². The highest BCUT2D eigenvalue weighted by molar-refractivity contribution is 5.81. The second-order valence-corrected chi connectivity index (χ2v) is 3.51. The average molecular weight is 230 g/mol. The van der Waals surface area contributed by atoms with E-state index in [1.807, 2.05) is 0 Å². The lowest BCUT2D eigenvalue weighted by atomic mass is 10.1. The molecular weight excluding hydrogens is 221 g/mol. The number of aliphatic hydroxyl groups excluding tert-OH is 1. The van der Waals surface area contributed by atoms with Crippen LogP contribution in [0.4, 0.5) is 13.2 Å². The lowest BCUT2D eigenvalue weighted by molar-refractivity contribution is -0.202. The van der Waals surface area contributed by atoms with Gasteiger partial charge >= 0.3 is 6.18 Å². The molecule has 0 radical (unpaired) electrons. The van der Waals surface area contributed by atoms with E-state index in [1.165, 1.54) is 12.3 Å². The number of rotatable bonds is 2. The molecule has 2 N–H and O–H groups in total. The molecular formula is C10H9F3N2O. The molecule has 0 aliphatic heterocycles. The predicted octanol–water partition coefficient (Wildman–Crippen LogP) is 2.03. The fourth-order valence-electron chi connectivity index (χ4n) is 1.52. The number of hydrogen-bond donors (Lipinski definition) is 2. The summed E-state index contributed by atoms with van der Waals surface area (Å²) in [6.45, 7) is 0. The third-order valence-corrected chi connectivity index (χ3v) is 2.35. The van der Waals surface area contributed by atoms with Crippen LogP contribution in [0.15, 0.2) is 24.4 Å². The van der Waals surface area contributed by atoms with E-state index in [0.29, 0.717) is 11.1 Å². The van der Waals surface area contributed by atoms with Crippen LogP contribution in [0.1, 0.15) is 5.56 Å². The summed E-state index contributed by atoms with van der Waals surface area (Å²) in [4.78, 5) is 0. The van der Waals surface area contributed by atoms with Crippen LogP contribution in [-0.2, 0) is 6.42 Å². The van der Waals surface area contributed by atoms with Crippen molar-refractivity contribution in [3.8, 4) is 0 Å². The first-order chi connectivity index (χ1) is 7.48. The zero-order valence-electron chi connectivity index (χ0n) is 8.12. The highest BCUT2D eigenvalue weighted by Crippen LogP contribution is 2.25. The summed E-state index contributed by atoms with van der Waals surface area (Å²) in [6.07, 6.45) is -5.88. The number of para-hydroxylation sites is 1. The highest BCUT2D eigenvalue weighted by atomic mass is 19.4. The number of H-pyrrole nitrogens is 1. The Morgan fingerprint density at radius 2 is 2.12 bits per heavy atom. The lowest BCUT2D eigenvalue weighted by Gasteiger charge is -2.14. The van der Waals surface area contributed by atoms with Crippen LogP contribution < -0.4 is 0 Å². The van der Waals surface area contributed by atoms with E-state index < -0.39 is 18.7 Å². The summed E-state index contributed by atoms with van der Waals surface area (Å²) < 4.78 is 36.6. The maximum atomic E-state index is 12.2. The number of nitrogens with one attached hydrogen (secondary N) is 1. The molecule has 1 unspecified atom stereocenters. The van der Waals surface area contributed by atoms with Crippen LogP contribution in [0.5, 0.6) is 0 Å². The molecule has 3 nitrogen and oxygen atoms in total. The molecule has 16 heavy (non-hydrogen) atoms. The molecule has 0 saturated heterocycles. The van der Waals surface area contributed by atoms with Crippen molar-refractivity contribution in [1.82, 2.24) is 10.2 Å². The predicted molar refractivity (Wildman–Crippen MR) is 51.9 cm³/mol. The first kappa shape index (κ1) is 10.9. The highest BCUT2D eigenvalue weighted by Gasteiger charge is 2.38. The molecule has 0 bridgehead atoms. The molecule has 0 aliphatic carbocycles. The molecule has 1 aromatic carbocycles. The first-order valence-electron chi connectivity index (χ1n) is 4.64. The molecule has 0 fully saturated rings. The smallest absolute Gasteiger partial charge is 0.383 e. The molecule has 6 heteroatoms.